The first-order valence-electron chi connectivity index (χ1n) is 3.93. The van der Waals surface area contributed by atoms with Crippen LogP contribution in [0.5, 0.6) is 0 Å². The van der Waals surface area contributed by atoms with Crippen LogP contribution >= 0.6 is 12.6 Å². The van der Waals surface area contributed by atoms with E-state index in [4.69, 9.17) is 0 Å². The van der Waals surface area contributed by atoms with Gasteiger partial charge >= 0.3 is 6.03 Å². The molecule has 0 atom stereocenters. The van der Waals surface area contributed by atoms with Gasteiger partial charge in [0.1, 0.15) is 0 Å². The number of urea groups is 1. The van der Waals surface area contributed by atoms with Crippen LogP contribution in [0.2, 0.25) is 0 Å². The van der Waals surface area contributed by atoms with Gasteiger partial charge in [0.25, 0.3) is 0 Å². The number of carbonyl (C=O) groups excluding carboxylic acids is 1. The van der Waals surface area contributed by atoms with E-state index in [1.54, 1.807) is 0 Å². The molecule has 0 radical (unpaired) electrons. The Hall–Kier alpha value is -0.380. The first-order chi connectivity index (χ1) is 5.31. The predicted molar refractivity (Wildman–Crippen MR) is 50.2 cm³/mol. The molecule has 2 N–H and O–H groups in total. The normalized spacial score (nSPS) is 9.27. The van der Waals surface area contributed by atoms with Crippen molar-refractivity contribution in [3.8, 4) is 0 Å². The van der Waals surface area contributed by atoms with E-state index in [0.717, 1.165) is 19.4 Å². The molecule has 0 bridgehead atoms. The van der Waals surface area contributed by atoms with Crippen LogP contribution < -0.4 is 10.6 Å². The molecule has 0 saturated heterocycles. The topological polar surface area (TPSA) is 41.1 Å². The van der Waals surface area contributed by atoms with Crippen molar-refractivity contribution in [2.24, 2.45) is 0 Å². The monoisotopic (exact) mass is 176 g/mol. The van der Waals surface area contributed by atoms with Gasteiger partial charge in [-0.1, -0.05) is 13.3 Å². The molecule has 2 amide bonds. The Morgan fingerprint density at radius 1 is 1.36 bits per heavy atom. The van der Waals surface area contributed by atoms with Crippen LogP contribution in [0.4, 0.5) is 4.79 Å². The molecule has 0 aromatic heterocycles. The highest BCUT2D eigenvalue weighted by Gasteiger charge is 1.94. The molecule has 0 aliphatic heterocycles. The van der Waals surface area contributed by atoms with Crippen molar-refractivity contribution in [2.45, 2.75) is 19.8 Å². The average molecular weight is 176 g/mol. The predicted octanol–water partition coefficient (Wildman–Crippen LogP) is 1.02. The molecule has 0 aromatic rings. The number of hydrogen-bond donors (Lipinski definition) is 3. The summed E-state index contributed by atoms with van der Waals surface area (Å²) < 4.78 is 0. The molecule has 0 aliphatic rings. The number of thiol groups is 1. The fourth-order valence-electron chi connectivity index (χ4n) is 0.611. The highest BCUT2D eigenvalue weighted by atomic mass is 32.1. The summed E-state index contributed by atoms with van der Waals surface area (Å²) in [6.07, 6.45) is 2.14. The SMILES string of the molecule is CCCCNC(=O)NCCS. The van der Waals surface area contributed by atoms with Gasteiger partial charge in [0.05, 0.1) is 0 Å². The zero-order chi connectivity index (χ0) is 8.53. The molecule has 0 heterocycles. The van der Waals surface area contributed by atoms with Crippen LogP contribution in [0.25, 0.3) is 0 Å². The standard InChI is InChI=1S/C7H16N2OS/c1-2-3-4-8-7(10)9-5-6-11/h11H,2-6H2,1H3,(H2,8,9,10). The van der Waals surface area contributed by atoms with E-state index < -0.39 is 0 Å². The van der Waals surface area contributed by atoms with Crippen molar-refractivity contribution in [1.82, 2.24) is 10.6 Å². The van der Waals surface area contributed by atoms with Gasteiger partial charge in [-0.15, -0.1) is 0 Å². The summed E-state index contributed by atoms with van der Waals surface area (Å²) in [4.78, 5) is 10.8. The fraction of sp³-hybridized carbons (Fsp3) is 0.857. The second-order valence-corrected chi connectivity index (χ2v) is 2.71. The van der Waals surface area contributed by atoms with Crippen molar-refractivity contribution in [2.75, 3.05) is 18.8 Å². The minimum absolute atomic E-state index is 0.0903. The van der Waals surface area contributed by atoms with Crippen LogP contribution in [0.1, 0.15) is 19.8 Å². The first kappa shape index (κ1) is 10.6. The van der Waals surface area contributed by atoms with E-state index in [1.165, 1.54) is 0 Å². The molecule has 66 valence electrons. The maximum absolute atomic E-state index is 10.8. The molecule has 0 spiro atoms. The maximum atomic E-state index is 10.8. The second kappa shape index (κ2) is 7.72. The Labute approximate surface area is 73.3 Å². The van der Waals surface area contributed by atoms with Crippen LogP contribution in [-0.2, 0) is 0 Å². The van der Waals surface area contributed by atoms with E-state index in [-0.39, 0.29) is 6.03 Å². The third kappa shape index (κ3) is 7.52. The minimum atomic E-state index is -0.0903. The van der Waals surface area contributed by atoms with Crippen LogP contribution in [0, 0.1) is 0 Å². The van der Waals surface area contributed by atoms with Gasteiger partial charge in [-0.2, -0.15) is 12.6 Å². The molecular formula is C7H16N2OS. The van der Waals surface area contributed by atoms with E-state index in [0.29, 0.717) is 12.3 Å². The quantitative estimate of drug-likeness (QED) is 0.425. The van der Waals surface area contributed by atoms with Crippen molar-refractivity contribution in [1.29, 1.82) is 0 Å². The molecule has 3 nitrogen and oxygen atoms in total. The second-order valence-electron chi connectivity index (χ2n) is 2.26. The molecule has 0 saturated carbocycles. The van der Waals surface area contributed by atoms with Gasteiger partial charge in [0.2, 0.25) is 0 Å². The Kier molecular flexibility index (Phi) is 7.46. The number of nitrogens with one attached hydrogen (secondary N) is 2. The number of unbranched alkanes of at least 4 members (excludes halogenated alkanes) is 1. The summed E-state index contributed by atoms with van der Waals surface area (Å²) in [5, 5.41) is 5.40. The van der Waals surface area contributed by atoms with Gasteiger partial charge < -0.3 is 10.6 Å². The van der Waals surface area contributed by atoms with Gasteiger partial charge in [0.15, 0.2) is 0 Å². The smallest absolute Gasteiger partial charge is 0.314 e. The van der Waals surface area contributed by atoms with Gasteiger partial charge in [-0.25, -0.2) is 4.79 Å². The molecule has 0 rings (SSSR count). The summed E-state index contributed by atoms with van der Waals surface area (Å²) in [6.45, 7) is 3.48. The molecule has 0 aromatic carbocycles. The molecule has 11 heavy (non-hydrogen) atoms. The molecule has 4 heteroatoms. The zero-order valence-electron chi connectivity index (χ0n) is 6.89. The third-order valence-corrected chi connectivity index (χ3v) is 1.44. The first-order valence-corrected chi connectivity index (χ1v) is 4.57. The Morgan fingerprint density at radius 2 is 2.00 bits per heavy atom. The zero-order valence-corrected chi connectivity index (χ0v) is 7.79. The maximum Gasteiger partial charge on any atom is 0.314 e. The molecular weight excluding hydrogens is 160 g/mol. The lowest BCUT2D eigenvalue weighted by Gasteiger charge is -2.04. The largest absolute Gasteiger partial charge is 0.338 e. The number of hydrogen-bond acceptors (Lipinski definition) is 2. The lowest BCUT2D eigenvalue weighted by atomic mass is 10.3. The van der Waals surface area contributed by atoms with Crippen molar-refractivity contribution in [3.05, 3.63) is 0 Å². The van der Waals surface area contributed by atoms with Gasteiger partial charge in [-0.3, -0.25) is 0 Å². The average Bonchev–Trinajstić information content (AvgIpc) is 2.01. The molecule has 0 fully saturated rings. The van der Waals surface area contributed by atoms with Crippen LogP contribution in [0.15, 0.2) is 0 Å². The van der Waals surface area contributed by atoms with Gasteiger partial charge in [0, 0.05) is 18.8 Å². The van der Waals surface area contributed by atoms with Gasteiger partial charge in [-0.05, 0) is 6.42 Å². The minimum Gasteiger partial charge on any atom is -0.338 e. The highest BCUT2D eigenvalue weighted by Crippen LogP contribution is 1.81. The molecule has 0 unspecified atom stereocenters. The molecule has 0 aliphatic carbocycles. The summed E-state index contributed by atoms with van der Waals surface area (Å²) in [6, 6.07) is -0.0903. The highest BCUT2D eigenvalue weighted by molar-refractivity contribution is 7.80. The third-order valence-electron chi connectivity index (χ3n) is 1.21. The number of carbonyl (C=O) groups is 1. The van der Waals surface area contributed by atoms with E-state index in [2.05, 4.69) is 30.2 Å². The van der Waals surface area contributed by atoms with Crippen molar-refractivity contribution < 1.29 is 4.79 Å². The van der Waals surface area contributed by atoms with Crippen LogP contribution in [0.3, 0.4) is 0 Å². The summed E-state index contributed by atoms with van der Waals surface area (Å²) in [5.74, 6) is 0.682. The van der Waals surface area contributed by atoms with Crippen LogP contribution in [-0.4, -0.2) is 24.9 Å². The lowest BCUT2D eigenvalue weighted by Crippen LogP contribution is -2.36. The Morgan fingerprint density at radius 3 is 2.55 bits per heavy atom. The van der Waals surface area contributed by atoms with E-state index >= 15 is 0 Å². The van der Waals surface area contributed by atoms with E-state index in [9.17, 15) is 4.79 Å². The summed E-state index contributed by atoms with van der Waals surface area (Å²) in [5.41, 5.74) is 0. The summed E-state index contributed by atoms with van der Waals surface area (Å²) >= 11 is 3.96. The fourth-order valence-corrected chi connectivity index (χ4v) is 0.722. The Balaban J connectivity index is 3.09. The number of amides is 2. The van der Waals surface area contributed by atoms with Crippen molar-refractivity contribution >= 4 is 18.7 Å². The Bertz CT molecular complexity index is 109. The van der Waals surface area contributed by atoms with Crippen molar-refractivity contribution in [3.63, 3.8) is 0 Å². The summed E-state index contributed by atoms with van der Waals surface area (Å²) in [7, 11) is 0. The van der Waals surface area contributed by atoms with E-state index in [1.807, 2.05) is 0 Å². The number of rotatable bonds is 5. The lowest BCUT2D eigenvalue weighted by molar-refractivity contribution is 0.241.